The van der Waals surface area contributed by atoms with Crippen molar-refractivity contribution in [2.24, 2.45) is 0 Å². The Balaban J connectivity index is 1.25. The molecular formula is C30H26F2N6O3S2. The number of benzene rings is 2. The van der Waals surface area contributed by atoms with Crippen LogP contribution in [0.4, 0.5) is 26.2 Å². The molecule has 3 aromatic heterocycles. The van der Waals surface area contributed by atoms with Gasteiger partial charge in [-0.25, -0.2) is 37.1 Å². The lowest BCUT2D eigenvalue weighted by atomic mass is 10.1. The number of aryl methyl sites for hydroxylation is 1. The zero-order valence-corrected chi connectivity index (χ0v) is 24.6. The summed E-state index contributed by atoms with van der Waals surface area (Å²) < 4.78 is 59.8. The standard InChI is InChI=1S/C30H26F2N6O3S2/c1-19-35-27(21-5-2-4-20(16-21)18-43(39,40)29-23(31)6-3-7-24(29)32)28(42-19)25-10-11-33-30(37-25)36-22-8-9-26(34-17-22)38-12-14-41-15-13-38/h2-11,16-17H,12-15,18H2,1H3,(H,33,36,37). The van der Waals surface area contributed by atoms with Crippen molar-refractivity contribution in [3.8, 4) is 21.8 Å². The molecule has 1 N–H and O–H groups in total. The predicted molar refractivity (Wildman–Crippen MR) is 161 cm³/mol. The topological polar surface area (TPSA) is 110 Å². The molecule has 1 aliphatic heterocycles. The number of morpholine rings is 1. The Labute approximate surface area is 251 Å². The number of halogens is 2. The van der Waals surface area contributed by atoms with Crippen molar-refractivity contribution in [2.75, 3.05) is 36.5 Å². The summed E-state index contributed by atoms with van der Waals surface area (Å²) >= 11 is 1.44. The minimum atomic E-state index is -4.29. The Morgan fingerprint density at radius 2 is 1.74 bits per heavy atom. The van der Waals surface area contributed by atoms with E-state index in [-0.39, 0.29) is 0 Å². The fraction of sp³-hybridized carbons (Fsp3) is 0.200. The van der Waals surface area contributed by atoms with E-state index in [1.807, 2.05) is 19.1 Å². The molecule has 2 aromatic carbocycles. The average Bonchev–Trinajstić information content (AvgIpc) is 3.39. The number of anilines is 3. The van der Waals surface area contributed by atoms with Gasteiger partial charge in [0, 0.05) is 24.8 Å². The average molecular weight is 621 g/mol. The molecule has 43 heavy (non-hydrogen) atoms. The zero-order chi connectivity index (χ0) is 30.0. The van der Waals surface area contributed by atoms with E-state index < -0.39 is 32.1 Å². The van der Waals surface area contributed by atoms with Crippen LogP contribution in [0.1, 0.15) is 10.6 Å². The third-order valence-electron chi connectivity index (χ3n) is 6.75. The smallest absolute Gasteiger partial charge is 0.227 e. The lowest BCUT2D eigenvalue weighted by Gasteiger charge is -2.27. The van der Waals surface area contributed by atoms with Crippen LogP contribution in [0.3, 0.4) is 0 Å². The second kappa shape index (κ2) is 12.1. The molecule has 1 aliphatic rings. The Kier molecular flexibility index (Phi) is 8.10. The normalized spacial score (nSPS) is 13.7. The molecule has 0 aliphatic carbocycles. The van der Waals surface area contributed by atoms with Crippen molar-refractivity contribution in [1.29, 1.82) is 0 Å². The van der Waals surface area contributed by atoms with Gasteiger partial charge in [0.25, 0.3) is 0 Å². The first-order chi connectivity index (χ1) is 20.8. The van der Waals surface area contributed by atoms with Crippen molar-refractivity contribution >= 4 is 38.6 Å². The number of aromatic nitrogens is 4. The van der Waals surface area contributed by atoms with Crippen LogP contribution in [0.25, 0.3) is 21.8 Å². The van der Waals surface area contributed by atoms with Crippen molar-refractivity contribution in [3.63, 3.8) is 0 Å². The minimum Gasteiger partial charge on any atom is -0.378 e. The van der Waals surface area contributed by atoms with Crippen LogP contribution in [0, 0.1) is 18.6 Å². The van der Waals surface area contributed by atoms with Crippen molar-refractivity contribution in [1.82, 2.24) is 19.9 Å². The molecule has 0 radical (unpaired) electrons. The van der Waals surface area contributed by atoms with Crippen LogP contribution in [0.2, 0.25) is 0 Å². The fourth-order valence-electron chi connectivity index (χ4n) is 4.79. The molecule has 0 amide bonds. The van der Waals surface area contributed by atoms with Gasteiger partial charge in [-0.05, 0) is 48.9 Å². The quantitative estimate of drug-likeness (QED) is 0.230. The number of nitrogens with zero attached hydrogens (tertiary/aromatic N) is 5. The van der Waals surface area contributed by atoms with E-state index in [4.69, 9.17) is 14.7 Å². The van der Waals surface area contributed by atoms with Gasteiger partial charge in [0.1, 0.15) is 22.3 Å². The van der Waals surface area contributed by atoms with Crippen molar-refractivity contribution in [2.45, 2.75) is 17.6 Å². The van der Waals surface area contributed by atoms with Gasteiger partial charge in [-0.1, -0.05) is 24.3 Å². The van der Waals surface area contributed by atoms with Gasteiger partial charge < -0.3 is 15.0 Å². The molecule has 9 nitrogen and oxygen atoms in total. The summed E-state index contributed by atoms with van der Waals surface area (Å²) in [4.78, 5) is 20.3. The number of hydrogen-bond acceptors (Lipinski definition) is 10. The molecule has 6 rings (SSSR count). The van der Waals surface area contributed by atoms with Gasteiger partial charge >= 0.3 is 0 Å². The highest BCUT2D eigenvalue weighted by molar-refractivity contribution is 7.90. The number of thiazole rings is 1. The number of sulfone groups is 1. The summed E-state index contributed by atoms with van der Waals surface area (Å²) in [6, 6.07) is 15.4. The highest BCUT2D eigenvalue weighted by Crippen LogP contribution is 2.37. The fourth-order valence-corrected chi connectivity index (χ4v) is 7.19. The molecule has 0 unspecified atom stereocenters. The summed E-state index contributed by atoms with van der Waals surface area (Å²) in [6.07, 6.45) is 3.38. The first kappa shape index (κ1) is 28.8. The number of ether oxygens (including phenoxy) is 1. The molecule has 0 atom stereocenters. The molecular weight excluding hydrogens is 594 g/mol. The van der Waals surface area contributed by atoms with Gasteiger partial charge in [-0.3, -0.25) is 0 Å². The number of nitrogens with one attached hydrogen (secondary N) is 1. The largest absolute Gasteiger partial charge is 0.378 e. The number of rotatable bonds is 8. The van der Waals surface area contributed by atoms with Crippen LogP contribution >= 0.6 is 11.3 Å². The van der Waals surface area contributed by atoms with E-state index in [0.29, 0.717) is 41.7 Å². The Hall–Kier alpha value is -4.33. The van der Waals surface area contributed by atoms with E-state index in [1.54, 1.807) is 42.7 Å². The Morgan fingerprint density at radius 1 is 0.977 bits per heavy atom. The van der Waals surface area contributed by atoms with Crippen LogP contribution in [0.5, 0.6) is 0 Å². The van der Waals surface area contributed by atoms with Crippen LogP contribution in [-0.4, -0.2) is 54.7 Å². The van der Waals surface area contributed by atoms with E-state index in [9.17, 15) is 17.2 Å². The van der Waals surface area contributed by atoms with Crippen molar-refractivity contribution in [3.05, 3.63) is 95.3 Å². The van der Waals surface area contributed by atoms with Crippen LogP contribution in [0.15, 0.2) is 78.0 Å². The molecule has 0 spiro atoms. The molecule has 0 bridgehead atoms. The Morgan fingerprint density at radius 3 is 2.49 bits per heavy atom. The second-order valence-corrected chi connectivity index (χ2v) is 12.9. The summed E-state index contributed by atoms with van der Waals surface area (Å²) in [5, 5.41) is 3.98. The first-order valence-electron chi connectivity index (χ1n) is 13.4. The summed E-state index contributed by atoms with van der Waals surface area (Å²) in [6.45, 7) is 4.82. The van der Waals surface area contributed by atoms with E-state index >= 15 is 0 Å². The molecule has 1 fully saturated rings. The van der Waals surface area contributed by atoms with Gasteiger partial charge in [0.2, 0.25) is 5.95 Å². The maximum atomic E-state index is 14.2. The lowest BCUT2D eigenvalue weighted by molar-refractivity contribution is 0.122. The predicted octanol–water partition coefficient (Wildman–Crippen LogP) is 5.80. The van der Waals surface area contributed by atoms with E-state index in [0.717, 1.165) is 52.7 Å². The first-order valence-corrected chi connectivity index (χ1v) is 15.9. The maximum Gasteiger partial charge on any atom is 0.227 e. The Bertz CT molecular complexity index is 1860. The highest BCUT2D eigenvalue weighted by Gasteiger charge is 2.25. The molecule has 5 aromatic rings. The summed E-state index contributed by atoms with van der Waals surface area (Å²) in [5.74, 6) is -1.56. The zero-order valence-electron chi connectivity index (χ0n) is 23.0. The number of pyridine rings is 1. The van der Waals surface area contributed by atoms with Crippen LogP contribution < -0.4 is 10.2 Å². The minimum absolute atomic E-state index is 0.370. The van der Waals surface area contributed by atoms with Gasteiger partial charge in [-0.15, -0.1) is 11.3 Å². The third-order valence-corrected chi connectivity index (χ3v) is 9.47. The summed E-state index contributed by atoms with van der Waals surface area (Å²) in [5.41, 5.74) is 2.99. The lowest BCUT2D eigenvalue weighted by Crippen LogP contribution is -2.36. The molecule has 1 saturated heterocycles. The van der Waals surface area contributed by atoms with Crippen LogP contribution in [-0.2, 0) is 20.3 Å². The monoisotopic (exact) mass is 620 g/mol. The number of hydrogen-bond donors (Lipinski definition) is 1. The molecule has 13 heteroatoms. The van der Waals surface area contributed by atoms with Gasteiger partial charge in [0.15, 0.2) is 9.84 Å². The van der Waals surface area contributed by atoms with Crippen molar-refractivity contribution < 1.29 is 21.9 Å². The summed E-state index contributed by atoms with van der Waals surface area (Å²) in [7, 11) is -4.29. The maximum absolute atomic E-state index is 14.2. The highest BCUT2D eigenvalue weighted by atomic mass is 32.2. The van der Waals surface area contributed by atoms with Gasteiger partial charge in [-0.2, -0.15) is 0 Å². The SMILES string of the molecule is Cc1nc(-c2cccc(CS(=O)(=O)c3c(F)cccc3F)c2)c(-c2ccnc(Nc3ccc(N4CCOCC4)nc3)n2)s1. The third kappa shape index (κ3) is 6.38. The molecule has 220 valence electrons. The molecule has 0 saturated carbocycles. The van der Waals surface area contributed by atoms with E-state index in [1.165, 1.54) is 11.3 Å². The second-order valence-electron chi connectivity index (χ2n) is 9.82. The molecule has 4 heterocycles. The van der Waals surface area contributed by atoms with E-state index in [2.05, 4.69) is 20.2 Å². The van der Waals surface area contributed by atoms with Gasteiger partial charge in [0.05, 0.1) is 52.1 Å².